The molecule has 2 aromatic rings. The van der Waals surface area contributed by atoms with Crippen LogP contribution in [0.3, 0.4) is 0 Å². The van der Waals surface area contributed by atoms with Crippen LogP contribution in [-0.4, -0.2) is 49.3 Å². The number of hydrogen-bond donors (Lipinski definition) is 1. The van der Waals surface area contributed by atoms with E-state index >= 15 is 0 Å². The highest BCUT2D eigenvalue weighted by molar-refractivity contribution is 7.22. The zero-order valence-electron chi connectivity index (χ0n) is 11.2. The van der Waals surface area contributed by atoms with Gasteiger partial charge < -0.3 is 10.1 Å². The molecule has 102 valence electrons. The van der Waals surface area contributed by atoms with E-state index in [9.17, 15) is 0 Å². The van der Waals surface area contributed by atoms with Crippen molar-refractivity contribution < 1.29 is 4.74 Å². The van der Waals surface area contributed by atoms with Crippen LogP contribution in [0.5, 0.6) is 0 Å². The Labute approximate surface area is 117 Å². The third-order valence-corrected chi connectivity index (χ3v) is 4.41. The first-order valence-corrected chi connectivity index (χ1v) is 7.55. The number of ether oxygens (including phenoxy) is 1. The van der Waals surface area contributed by atoms with Gasteiger partial charge in [-0.25, -0.2) is 4.98 Å². The lowest BCUT2D eigenvalue weighted by molar-refractivity contribution is 0.0398. The summed E-state index contributed by atoms with van der Waals surface area (Å²) in [5.74, 6) is 0. The van der Waals surface area contributed by atoms with E-state index < -0.39 is 0 Å². The Morgan fingerprint density at radius 3 is 3.00 bits per heavy atom. The first-order chi connectivity index (χ1) is 9.33. The van der Waals surface area contributed by atoms with Gasteiger partial charge in [-0.05, 0) is 18.6 Å². The molecule has 1 saturated heterocycles. The third-order valence-electron chi connectivity index (χ3n) is 3.43. The fourth-order valence-electron chi connectivity index (χ4n) is 2.31. The molecule has 0 aliphatic carbocycles. The summed E-state index contributed by atoms with van der Waals surface area (Å²) in [4.78, 5) is 7.08. The van der Waals surface area contributed by atoms with Crippen LogP contribution in [0.2, 0.25) is 0 Å². The van der Waals surface area contributed by atoms with Crippen molar-refractivity contribution in [1.82, 2.24) is 9.88 Å². The van der Waals surface area contributed by atoms with Crippen molar-refractivity contribution in [2.75, 3.05) is 44.7 Å². The van der Waals surface area contributed by atoms with Gasteiger partial charge in [0.2, 0.25) is 0 Å². The number of aromatic nitrogens is 1. The monoisotopic (exact) mass is 277 g/mol. The quantitative estimate of drug-likeness (QED) is 0.931. The number of nitrogens with one attached hydrogen (secondary N) is 1. The third kappa shape index (κ3) is 3.05. The highest BCUT2D eigenvalue weighted by atomic mass is 32.1. The lowest BCUT2D eigenvalue weighted by Gasteiger charge is -2.26. The highest BCUT2D eigenvalue weighted by Gasteiger charge is 2.10. The highest BCUT2D eigenvalue weighted by Crippen LogP contribution is 2.27. The molecule has 1 fully saturated rings. The summed E-state index contributed by atoms with van der Waals surface area (Å²) in [6.45, 7) is 7.92. The number of fused-ring (bicyclic) bond motifs is 1. The molecule has 2 heterocycles. The number of aryl methyl sites for hydroxylation is 1. The smallest absolute Gasteiger partial charge is 0.183 e. The number of morpholine rings is 1. The maximum Gasteiger partial charge on any atom is 0.183 e. The van der Waals surface area contributed by atoms with Crippen LogP contribution in [0.1, 0.15) is 5.56 Å². The fourth-order valence-corrected chi connectivity index (χ4v) is 3.28. The molecule has 19 heavy (non-hydrogen) atoms. The standard InChI is InChI=1S/C14H19N3OS/c1-11-3-2-4-12-13(11)16-14(19-12)15-5-6-17-7-9-18-10-8-17/h2-4H,5-10H2,1H3,(H,15,16). The largest absolute Gasteiger partial charge is 0.379 e. The molecule has 0 atom stereocenters. The predicted molar refractivity (Wildman–Crippen MR) is 80.1 cm³/mol. The first-order valence-electron chi connectivity index (χ1n) is 6.73. The first kappa shape index (κ1) is 12.8. The lowest BCUT2D eigenvalue weighted by atomic mass is 10.2. The van der Waals surface area contributed by atoms with Crippen LogP contribution >= 0.6 is 11.3 Å². The molecular formula is C14H19N3OS. The van der Waals surface area contributed by atoms with Gasteiger partial charge in [-0.15, -0.1) is 0 Å². The maximum absolute atomic E-state index is 5.35. The van der Waals surface area contributed by atoms with Gasteiger partial charge in [0.15, 0.2) is 5.13 Å². The number of nitrogens with zero attached hydrogens (tertiary/aromatic N) is 2. The molecule has 0 spiro atoms. The summed E-state index contributed by atoms with van der Waals surface area (Å²) in [5.41, 5.74) is 2.37. The molecule has 0 saturated carbocycles. The number of hydrogen-bond acceptors (Lipinski definition) is 5. The van der Waals surface area contributed by atoms with E-state index in [4.69, 9.17) is 4.74 Å². The van der Waals surface area contributed by atoms with Gasteiger partial charge in [0, 0.05) is 26.2 Å². The summed E-state index contributed by atoms with van der Waals surface area (Å²) >= 11 is 1.73. The topological polar surface area (TPSA) is 37.4 Å². The summed E-state index contributed by atoms with van der Waals surface area (Å²) in [6.07, 6.45) is 0. The average molecular weight is 277 g/mol. The molecule has 1 aliphatic rings. The second kappa shape index (κ2) is 5.86. The molecule has 0 radical (unpaired) electrons. The summed E-state index contributed by atoms with van der Waals surface area (Å²) < 4.78 is 6.60. The van der Waals surface area contributed by atoms with Gasteiger partial charge in [-0.3, -0.25) is 4.90 Å². The van der Waals surface area contributed by atoms with E-state index in [1.165, 1.54) is 10.3 Å². The van der Waals surface area contributed by atoms with Crippen molar-refractivity contribution in [1.29, 1.82) is 0 Å². The number of rotatable bonds is 4. The molecule has 5 heteroatoms. The molecule has 0 amide bonds. The van der Waals surface area contributed by atoms with Crippen molar-refractivity contribution in [2.45, 2.75) is 6.92 Å². The van der Waals surface area contributed by atoms with Crippen LogP contribution in [0.25, 0.3) is 10.2 Å². The Hall–Kier alpha value is -1.17. The molecule has 1 aromatic carbocycles. The zero-order valence-corrected chi connectivity index (χ0v) is 12.0. The summed E-state index contributed by atoms with van der Waals surface area (Å²) in [5, 5.41) is 4.46. The van der Waals surface area contributed by atoms with Crippen molar-refractivity contribution >= 4 is 26.7 Å². The summed E-state index contributed by atoms with van der Waals surface area (Å²) in [7, 11) is 0. The Morgan fingerprint density at radius 1 is 1.37 bits per heavy atom. The van der Waals surface area contributed by atoms with Crippen LogP contribution in [0, 0.1) is 6.92 Å². The van der Waals surface area contributed by atoms with Crippen LogP contribution in [0.15, 0.2) is 18.2 Å². The number of benzene rings is 1. The minimum atomic E-state index is 0.861. The number of thiazole rings is 1. The minimum Gasteiger partial charge on any atom is -0.379 e. The molecule has 0 bridgehead atoms. The predicted octanol–water partition coefficient (Wildman–Crippen LogP) is 2.35. The molecule has 4 nitrogen and oxygen atoms in total. The van der Waals surface area contributed by atoms with Gasteiger partial charge in [-0.1, -0.05) is 23.5 Å². The molecule has 1 N–H and O–H groups in total. The molecule has 0 unspecified atom stereocenters. The zero-order chi connectivity index (χ0) is 13.1. The normalized spacial score (nSPS) is 16.9. The Morgan fingerprint density at radius 2 is 2.21 bits per heavy atom. The second-order valence-corrected chi connectivity index (χ2v) is 5.85. The van der Waals surface area contributed by atoms with Crippen molar-refractivity contribution in [2.24, 2.45) is 0 Å². The minimum absolute atomic E-state index is 0.861. The summed E-state index contributed by atoms with van der Waals surface area (Å²) in [6, 6.07) is 6.33. The van der Waals surface area contributed by atoms with E-state index in [1.807, 2.05) is 0 Å². The van der Waals surface area contributed by atoms with E-state index in [0.717, 1.165) is 50.0 Å². The molecule has 1 aliphatic heterocycles. The SMILES string of the molecule is Cc1cccc2sc(NCCN3CCOCC3)nc12. The van der Waals surface area contributed by atoms with Crippen molar-refractivity contribution in [3.63, 3.8) is 0 Å². The fraction of sp³-hybridized carbons (Fsp3) is 0.500. The maximum atomic E-state index is 5.35. The van der Waals surface area contributed by atoms with Crippen molar-refractivity contribution in [3.8, 4) is 0 Å². The molecular weight excluding hydrogens is 258 g/mol. The lowest BCUT2D eigenvalue weighted by Crippen LogP contribution is -2.38. The average Bonchev–Trinajstić information content (AvgIpc) is 2.84. The number of para-hydroxylation sites is 1. The Balaban J connectivity index is 1.57. The van der Waals surface area contributed by atoms with Gasteiger partial charge >= 0.3 is 0 Å². The van der Waals surface area contributed by atoms with Crippen LogP contribution in [0.4, 0.5) is 5.13 Å². The number of anilines is 1. The van der Waals surface area contributed by atoms with Gasteiger partial charge in [0.1, 0.15) is 0 Å². The van der Waals surface area contributed by atoms with E-state index in [1.54, 1.807) is 11.3 Å². The second-order valence-electron chi connectivity index (χ2n) is 4.82. The van der Waals surface area contributed by atoms with Gasteiger partial charge in [-0.2, -0.15) is 0 Å². The van der Waals surface area contributed by atoms with Crippen LogP contribution in [-0.2, 0) is 4.74 Å². The van der Waals surface area contributed by atoms with Crippen LogP contribution < -0.4 is 5.32 Å². The van der Waals surface area contributed by atoms with Gasteiger partial charge in [0.25, 0.3) is 0 Å². The van der Waals surface area contributed by atoms with E-state index in [-0.39, 0.29) is 0 Å². The Kier molecular flexibility index (Phi) is 3.96. The van der Waals surface area contributed by atoms with E-state index in [0.29, 0.717) is 0 Å². The van der Waals surface area contributed by atoms with Gasteiger partial charge in [0.05, 0.1) is 23.4 Å². The molecule has 3 rings (SSSR count). The van der Waals surface area contributed by atoms with E-state index in [2.05, 4.69) is 40.3 Å². The molecule has 1 aromatic heterocycles. The Bertz CT molecular complexity index is 549. The van der Waals surface area contributed by atoms with Crippen molar-refractivity contribution in [3.05, 3.63) is 23.8 Å².